The van der Waals surface area contributed by atoms with Gasteiger partial charge in [0.25, 0.3) is 0 Å². The summed E-state index contributed by atoms with van der Waals surface area (Å²) in [7, 11) is 0. The predicted octanol–water partition coefficient (Wildman–Crippen LogP) is 2.88. The van der Waals surface area contributed by atoms with E-state index in [-0.39, 0.29) is 0 Å². The first-order chi connectivity index (χ1) is 13.1. The number of aromatic nitrogens is 1. The number of hydrazine groups is 1. The van der Waals surface area contributed by atoms with Crippen LogP contribution in [0.3, 0.4) is 0 Å². The minimum Gasteiger partial charge on any atom is -0.489 e. The molecular formula is C21H23N5O. The van der Waals surface area contributed by atoms with Gasteiger partial charge in [-0.15, -0.1) is 0 Å². The number of anilines is 1. The van der Waals surface area contributed by atoms with Crippen LogP contribution >= 0.6 is 0 Å². The lowest BCUT2D eigenvalue weighted by atomic mass is 10.2. The highest BCUT2D eigenvalue weighted by Crippen LogP contribution is 2.17. The third-order valence-corrected chi connectivity index (χ3v) is 3.99. The summed E-state index contributed by atoms with van der Waals surface area (Å²) in [5.41, 5.74) is 15.2. The molecule has 0 aliphatic rings. The lowest BCUT2D eigenvalue weighted by Gasteiger charge is -2.16. The van der Waals surface area contributed by atoms with E-state index in [1.807, 2.05) is 54.6 Å². The zero-order valence-electron chi connectivity index (χ0n) is 15.0. The highest BCUT2D eigenvalue weighted by atomic mass is 16.5. The standard InChI is InChI=1S/C21H23N5O/c22-20(19-7-4-12-25-21(19)23)14-26(24)13-16-8-10-18(11-9-16)27-15-17-5-2-1-3-6-17/h1-12,14H,13,15,22,24H2,(H2,23,25)/b20-14-. The quantitative estimate of drug-likeness (QED) is 0.442. The molecule has 0 atom stereocenters. The van der Waals surface area contributed by atoms with Crippen LogP contribution < -0.4 is 22.0 Å². The largest absolute Gasteiger partial charge is 0.489 e. The number of hydrogen-bond acceptors (Lipinski definition) is 6. The van der Waals surface area contributed by atoms with Crippen molar-refractivity contribution in [3.05, 3.63) is 95.8 Å². The first-order valence-corrected chi connectivity index (χ1v) is 8.57. The monoisotopic (exact) mass is 361 g/mol. The number of ether oxygens (including phenoxy) is 1. The van der Waals surface area contributed by atoms with Crippen molar-refractivity contribution in [1.29, 1.82) is 0 Å². The molecule has 0 fully saturated rings. The number of nitrogens with zero attached hydrogens (tertiary/aromatic N) is 2. The summed E-state index contributed by atoms with van der Waals surface area (Å²) in [4.78, 5) is 4.02. The van der Waals surface area contributed by atoms with Gasteiger partial charge < -0.3 is 21.2 Å². The van der Waals surface area contributed by atoms with Crippen molar-refractivity contribution in [3.8, 4) is 5.75 Å². The molecule has 6 heteroatoms. The third kappa shape index (κ3) is 5.23. The first kappa shape index (κ1) is 18.3. The molecule has 0 spiro atoms. The molecule has 1 aromatic heterocycles. The van der Waals surface area contributed by atoms with Crippen LogP contribution in [0.4, 0.5) is 5.82 Å². The SMILES string of the molecule is N/C(=C\N(N)Cc1ccc(OCc2ccccc2)cc1)c1cccnc1N. The van der Waals surface area contributed by atoms with Crippen LogP contribution in [0.25, 0.3) is 5.70 Å². The molecule has 2 aromatic carbocycles. The Morgan fingerprint density at radius 3 is 2.41 bits per heavy atom. The molecule has 0 unspecified atom stereocenters. The van der Waals surface area contributed by atoms with Gasteiger partial charge in [-0.3, -0.25) is 0 Å². The molecule has 0 bridgehead atoms. The van der Waals surface area contributed by atoms with Crippen molar-refractivity contribution in [2.75, 3.05) is 5.73 Å². The van der Waals surface area contributed by atoms with Crippen molar-refractivity contribution < 1.29 is 4.74 Å². The summed E-state index contributed by atoms with van der Waals surface area (Å²) in [5.74, 6) is 7.24. The zero-order chi connectivity index (χ0) is 19.1. The van der Waals surface area contributed by atoms with Crippen LogP contribution in [0.1, 0.15) is 16.7 Å². The molecule has 3 rings (SSSR count). The second-order valence-electron chi connectivity index (χ2n) is 6.11. The van der Waals surface area contributed by atoms with E-state index in [1.165, 1.54) is 5.01 Å². The van der Waals surface area contributed by atoms with E-state index < -0.39 is 0 Å². The van der Waals surface area contributed by atoms with Crippen molar-refractivity contribution in [3.63, 3.8) is 0 Å². The third-order valence-electron chi connectivity index (χ3n) is 3.99. The molecule has 27 heavy (non-hydrogen) atoms. The Balaban J connectivity index is 1.57. The van der Waals surface area contributed by atoms with Crippen molar-refractivity contribution >= 4 is 11.5 Å². The molecule has 6 N–H and O–H groups in total. The van der Waals surface area contributed by atoms with Crippen LogP contribution in [-0.2, 0) is 13.2 Å². The summed E-state index contributed by atoms with van der Waals surface area (Å²) < 4.78 is 5.79. The van der Waals surface area contributed by atoms with Gasteiger partial charge in [-0.25, -0.2) is 10.8 Å². The molecule has 0 saturated heterocycles. The Labute approximate surface area is 158 Å². The molecule has 138 valence electrons. The van der Waals surface area contributed by atoms with Gasteiger partial charge in [0.1, 0.15) is 18.2 Å². The fourth-order valence-corrected chi connectivity index (χ4v) is 2.60. The van der Waals surface area contributed by atoms with Crippen LogP contribution in [0.15, 0.2) is 79.1 Å². The summed E-state index contributed by atoms with van der Waals surface area (Å²) in [5, 5.41) is 1.52. The number of benzene rings is 2. The smallest absolute Gasteiger partial charge is 0.132 e. The van der Waals surface area contributed by atoms with Crippen molar-refractivity contribution in [2.24, 2.45) is 11.6 Å². The minimum atomic E-state index is 0.375. The number of hydrogen-bond donors (Lipinski definition) is 3. The van der Waals surface area contributed by atoms with Crippen molar-refractivity contribution in [2.45, 2.75) is 13.2 Å². The Hall–Kier alpha value is -3.51. The average Bonchev–Trinajstić information content (AvgIpc) is 2.68. The molecule has 0 amide bonds. The van der Waals surface area contributed by atoms with E-state index >= 15 is 0 Å². The van der Waals surface area contributed by atoms with Gasteiger partial charge in [-0.2, -0.15) is 0 Å². The van der Waals surface area contributed by atoms with Gasteiger partial charge >= 0.3 is 0 Å². The highest BCUT2D eigenvalue weighted by molar-refractivity contribution is 5.70. The van der Waals surface area contributed by atoms with Gasteiger partial charge in [-0.1, -0.05) is 42.5 Å². The molecule has 0 aliphatic carbocycles. The number of nitrogen functional groups attached to an aromatic ring is 1. The van der Waals surface area contributed by atoms with E-state index in [4.69, 9.17) is 22.0 Å². The lowest BCUT2D eigenvalue weighted by molar-refractivity contribution is 0.306. The zero-order valence-corrected chi connectivity index (χ0v) is 15.0. The van der Waals surface area contributed by atoms with Crippen LogP contribution in [0, 0.1) is 0 Å². The highest BCUT2D eigenvalue weighted by Gasteiger charge is 2.05. The van der Waals surface area contributed by atoms with Gasteiger partial charge in [-0.05, 0) is 35.4 Å². The Bertz CT molecular complexity index is 894. The number of pyridine rings is 1. The van der Waals surface area contributed by atoms with Crippen LogP contribution in [-0.4, -0.2) is 9.99 Å². The Morgan fingerprint density at radius 2 is 1.70 bits per heavy atom. The molecule has 3 aromatic rings. The second kappa shape index (κ2) is 8.73. The van der Waals surface area contributed by atoms with Gasteiger partial charge in [0, 0.05) is 18.0 Å². The summed E-state index contributed by atoms with van der Waals surface area (Å²) in [6.07, 6.45) is 3.26. The van der Waals surface area contributed by atoms with E-state index in [0.29, 0.717) is 30.2 Å². The van der Waals surface area contributed by atoms with Crippen molar-refractivity contribution in [1.82, 2.24) is 9.99 Å². The maximum atomic E-state index is 6.07. The summed E-state index contributed by atoms with van der Waals surface area (Å²) in [6, 6.07) is 21.4. The van der Waals surface area contributed by atoms with E-state index in [1.54, 1.807) is 24.5 Å². The van der Waals surface area contributed by atoms with Gasteiger partial charge in [0.15, 0.2) is 0 Å². The Kier molecular flexibility index (Phi) is 5.91. The molecule has 6 nitrogen and oxygen atoms in total. The first-order valence-electron chi connectivity index (χ1n) is 8.57. The van der Waals surface area contributed by atoms with Crippen LogP contribution in [0.5, 0.6) is 5.75 Å². The topological polar surface area (TPSA) is 103 Å². The van der Waals surface area contributed by atoms with E-state index in [9.17, 15) is 0 Å². The van der Waals surface area contributed by atoms with E-state index in [0.717, 1.165) is 16.9 Å². The normalized spacial score (nSPS) is 11.2. The maximum absolute atomic E-state index is 6.07. The average molecular weight is 361 g/mol. The molecule has 0 saturated carbocycles. The van der Waals surface area contributed by atoms with Gasteiger partial charge in [0.2, 0.25) is 0 Å². The Morgan fingerprint density at radius 1 is 0.963 bits per heavy atom. The molecule has 1 heterocycles. The fourth-order valence-electron chi connectivity index (χ4n) is 2.60. The molecular weight excluding hydrogens is 338 g/mol. The van der Waals surface area contributed by atoms with Crippen LogP contribution in [0.2, 0.25) is 0 Å². The molecule has 0 aliphatic heterocycles. The number of nitrogens with two attached hydrogens (primary N) is 3. The fraction of sp³-hybridized carbons (Fsp3) is 0.0952. The summed E-state index contributed by atoms with van der Waals surface area (Å²) >= 11 is 0. The number of rotatable bonds is 7. The maximum Gasteiger partial charge on any atom is 0.132 e. The molecule has 0 radical (unpaired) electrons. The van der Waals surface area contributed by atoms with E-state index in [2.05, 4.69) is 4.98 Å². The summed E-state index contributed by atoms with van der Waals surface area (Å²) in [6.45, 7) is 1.04. The lowest BCUT2D eigenvalue weighted by Crippen LogP contribution is -2.25. The minimum absolute atomic E-state index is 0.375. The van der Waals surface area contributed by atoms with Gasteiger partial charge in [0.05, 0.1) is 12.2 Å². The second-order valence-corrected chi connectivity index (χ2v) is 6.11. The predicted molar refractivity (Wildman–Crippen MR) is 108 cm³/mol.